The summed E-state index contributed by atoms with van der Waals surface area (Å²) in [5.41, 5.74) is 0. The number of hydrogen-bond donors (Lipinski definition) is 2. The van der Waals surface area contributed by atoms with Crippen molar-refractivity contribution in [1.82, 2.24) is 15.5 Å². The van der Waals surface area contributed by atoms with E-state index in [1.165, 1.54) is 0 Å². The lowest BCUT2D eigenvalue weighted by Gasteiger charge is -2.15. The molecule has 2 rings (SSSR count). The van der Waals surface area contributed by atoms with E-state index in [9.17, 15) is 9.59 Å². The van der Waals surface area contributed by atoms with Crippen LogP contribution in [0.25, 0.3) is 0 Å². The molecule has 0 radical (unpaired) electrons. The summed E-state index contributed by atoms with van der Waals surface area (Å²) in [6.45, 7) is 2.09. The molecule has 2 N–H and O–H groups in total. The van der Waals surface area contributed by atoms with Gasteiger partial charge >= 0.3 is 5.97 Å². The first kappa shape index (κ1) is 13.5. The highest BCUT2D eigenvalue weighted by Crippen LogP contribution is 2.31. The molecular weight excluding hydrogens is 250 g/mol. The molecule has 19 heavy (non-hydrogen) atoms. The van der Waals surface area contributed by atoms with E-state index < -0.39 is 17.8 Å². The maximum absolute atomic E-state index is 11.9. The number of aromatic nitrogens is 2. The summed E-state index contributed by atoms with van der Waals surface area (Å²) >= 11 is 0. The summed E-state index contributed by atoms with van der Waals surface area (Å²) in [5, 5.41) is 15.5. The molecule has 1 aliphatic rings. The Labute approximate surface area is 110 Å². The average molecular weight is 267 g/mol. The number of carbonyl (C=O) groups is 2. The number of aliphatic carboxylic acids is 1. The van der Waals surface area contributed by atoms with Gasteiger partial charge in [0, 0.05) is 19.9 Å². The van der Waals surface area contributed by atoms with E-state index in [4.69, 9.17) is 9.63 Å². The topological polar surface area (TPSA) is 105 Å². The van der Waals surface area contributed by atoms with Crippen molar-refractivity contribution in [3.63, 3.8) is 0 Å². The first-order chi connectivity index (χ1) is 9.08. The standard InChI is InChI=1S/C12H17N3O4/c1-7-14-10(15-19-7)5-6-13-11(16)8-3-2-4-9(8)12(17)18/h8-9H,2-6H2,1H3,(H,13,16)(H,17,18)/t8-,9+/m1/s1. The molecule has 1 amide bonds. The van der Waals surface area contributed by atoms with Crippen LogP contribution >= 0.6 is 0 Å². The molecule has 2 atom stereocenters. The fourth-order valence-corrected chi connectivity index (χ4v) is 2.44. The third kappa shape index (κ3) is 3.30. The summed E-state index contributed by atoms with van der Waals surface area (Å²) in [6.07, 6.45) is 2.49. The molecule has 0 aliphatic heterocycles. The fraction of sp³-hybridized carbons (Fsp3) is 0.667. The molecule has 1 heterocycles. The Bertz CT molecular complexity index is 471. The number of carbonyl (C=O) groups excluding carboxylic acids is 1. The van der Waals surface area contributed by atoms with E-state index in [0.29, 0.717) is 37.5 Å². The molecule has 7 nitrogen and oxygen atoms in total. The highest BCUT2D eigenvalue weighted by Gasteiger charge is 2.37. The van der Waals surface area contributed by atoms with Gasteiger partial charge in [0.1, 0.15) is 0 Å². The third-order valence-corrected chi connectivity index (χ3v) is 3.39. The molecule has 104 valence electrons. The van der Waals surface area contributed by atoms with Crippen LogP contribution in [0.15, 0.2) is 4.52 Å². The Hall–Kier alpha value is -1.92. The largest absolute Gasteiger partial charge is 0.481 e. The normalized spacial score (nSPS) is 22.4. The number of carboxylic acids is 1. The van der Waals surface area contributed by atoms with Crippen LogP contribution < -0.4 is 5.32 Å². The van der Waals surface area contributed by atoms with Crippen LogP contribution in [-0.2, 0) is 16.0 Å². The van der Waals surface area contributed by atoms with Crippen molar-refractivity contribution in [2.75, 3.05) is 6.54 Å². The minimum absolute atomic E-state index is 0.190. The zero-order valence-electron chi connectivity index (χ0n) is 10.8. The number of carboxylic acid groups (broad SMARTS) is 1. The Morgan fingerprint density at radius 2 is 2.16 bits per heavy atom. The van der Waals surface area contributed by atoms with Crippen LogP contribution in [0.4, 0.5) is 0 Å². The van der Waals surface area contributed by atoms with Crippen molar-refractivity contribution in [2.24, 2.45) is 11.8 Å². The van der Waals surface area contributed by atoms with Crippen LogP contribution in [0.3, 0.4) is 0 Å². The predicted molar refractivity (Wildman–Crippen MR) is 64.2 cm³/mol. The van der Waals surface area contributed by atoms with Crippen molar-refractivity contribution >= 4 is 11.9 Å². The van der Waals surface area contributed by atoms with Gasteiger partial charge in [-0.25, -0.2) is 0 Å². The van der Waals surface area contributed by atoms with Gasteiger partial charge in [-0.1, -0.05) is 11.6 Å². The van der Waals surface area contributed by atoms with Gasteiger partial charge in [-0.15, -0.1) is 0 Å². The summed E-state index contributed by atoms with van der Waals surface area (Å²) in [6, 6.07) is 0. The van der Waals surface area contributed by atoms with Crippen LogP contribution in [-0.4, -0.2) is 33.7 Å². The molecule has 7 heteroatoms. The smallest absolute Gasteiger partial charge is 0.307 e. The van der Waals surface area contributed by atoms with Crippen molar-refractivity contribution < 1.29 is 19.2 Å². The van der Waals surface area contributed by atoms with Gasteiger partial charge in [0.05, 0.1) is 11.8 Å². The zero-order chi connectivity index (χ0) is 13.8. The van der Waals surface area contributed by atoms with Crippen LogP contribution in [0.2, 0.25) is 0 Å². The molecule has 1 saturated carbocycles. The molecule has 1 fully saturated rings. The molecular formula is C12H17N3O4. The van der Waals surface area contributed by atoms with E-state index in [-0.39, 0.29) is 5.91 Å². The fourth-order valence-electron chi connectivity index (χ4n) is 2.44. The number of hydrogen-bond acceptors (Lipinski definition) is 5. The lowest BCUT2D eigenvalue weighted by molar-refractivity contribution is -0.146. The number of amides is 1. The highest BCUT2D eigenvalue weighted by molar-refractivity contribution is 5.85. The number of rotatable bonds is 5. The van der Waals surface area contributed by atoms with E-state index >= 15 is 0 Å². The van der Waals surface area contributed by atoms with Crippen LogP contribution in [0, 0.1) is 18.8 Å². The van der Waals surface area contributed by atoms with Gasteiger partial charge in [-0.05, 0) is 12.8 Å². The SMILES string of the molecule is Cc1nc(CCNC(=O)[C@@H]2CCC[C@@H]2C(=O)O)no1. The molecule has 0 bridgehead atoms. The summed E-state index contributed by atoms with van der Waals surface area (Å²) in [7, 11) is 0. The van der Waals surface area contributed by atoms with Crippen LogP contribution in [0.1, 0.15) is 31.0 Å². The Morgan fingerprint density at radius 3 is 2.79 bits per heavy atom. The lowest BCUT2D eigenvalue weighted by Crippen LogP contribution is -2.36. The number of nitrogens with one attached hydrogen (secondary N) is 1. The van der Waals surface area contributed by atoms with E-state index in [1.807, 2.05) is 0 Å². The Morgan fingerprint density at radius 1 is 1.42 bits per heavy atom. The number of nitrogens with zero attached hydrogens (tertiary/aromatic N) is 2. The molecule has 1 aliphatic carbocycles. The quantitative estimate of drug-likeness (QED) is 0.806. The molecule has 1 aromatic heterocycles. The van der Waals surface area contributed by atoms with Gasteiger partial charge in [0.25, 0.3) is 0 Å². The molecule has 0 aromatic carbocycles. The second-order valence-electron chi connectivity index (χ2n) is 4.75. The Kier molecular flexibility index (Phi) is 4.13. The van der Waals surface area contributed by atoms with Crippen molar-refractivity contribution in [1.29, 1.82) is 0 Å². The van der Waals surface area contributed by atoms with Gasteiger partial charge < -0.3 is 14.9 Å². The maximum Gasteiger partial charge on any atom is 0.307 e. The van der Waals surface area contributed by atoms with Crippen molar-refractivity contribution in [3.05, 3.63) is 11.7 Å². The summed E-state index contributed by atoms with van der Waals surface area (Å²) < 4.78 is 4.82. The average Bonchev–Trinajstić information content (AvgIpc) is 2.97. The zero-order valence-corrected chi connectivity index (χ0v) is 10.8. The Balaban J connectivity index is 1.79. The van der Waals surface area contributed by atoms with E-state index in [1.54, 1.807) is 6.92 Å². The molecule has 0 unspecified atom stereocenters. The summed E-state index contributed by atoms with van der Waals surface area (Å²) in [4.78, 5) is 26.9. The first-order valence-corrected chi connectivity index (χ1v) is 6.37. The minimum Gasteiger partial charge on any atom is -0.481 e. The molecule has 0 spiro atoms. The molecule has 1 aromatic rings. The maximum atomic E-state index is 11.9. The monoisotopic (exact) mass is 267 g/mol. The second-order valence-corrected chi connectivity index (χ2v) is 4.75. The lowest BCUT2D eigenvalue weighted by atomic mass is 9.95. The van der Waals surface area contributed by atoms with Gasteiger partial charge in [0.2, 0.25) is 11.8 Å². The van der Waals surface area contributed by atoms with Gasteiger partial charge in [-0.3, -0.25) is 9.59 Å². The van der Waals surface area contributed by atoms with Crippen molar-refractivity contribution in [2.45, 2.75) is 32.6 Å². The van der Waals surface area contributed by atoms with Gasteiger partial charge in [-0.2, -0.15) is 4.98 Å². The highest BCUT2D eigenvalue weighted by atomic mass is 16.5. The predicted octanol–water partition coefficient (Wildman–Crippen LogP) is 0.538. The molecule has 0 saturated heterocycles. The number of aryl methyl sites for hydroxylation is 1. The van der Waals surface area contributed by atoms with Gasteiger partial charge in [0.15, 0.2) is 5.82 Å². The summed E-state index contributed by atoms with van der Waals surface area (Å²) in [5.74, 6) is -1.00. The first-order valence-electron chi connectivity index (χ1n) is 6.37. The van der Waals surface area contributed by atoms with E-state index in [2.05, 4.69) is 15.5 Å². The minimum atomic E-state index is -0.883. The van der Waals surface area contributed by atoms with E-state index in [0.717, 1.165) is 6.42 Å². The van der Waals surface area contributed by atoms with Crippen LogP contribution in [0.5, 0.6) is 0 Å². The third-order valence-electron chi connectivity index (χ3n) is 3.39. The second kappa shape index (κ2) is 5.81. The van der Waals surface area contributed by atoms with Crippen molar-refractivity contribution in [3.8, 4) is 0 Å².